The fourth-order valence-corrected chi connectivity index (χ4v) is 10.2. The number of imide groups is 1. The lowest BCUT2D eigenvalue weighted by atomic mass is 9.86. The number of anilines is 2. The molecule has 3 heterocycles. The van der Waals surface area contributed by atoms with Gasteiger partial charge in [0.25, 0.3) is 11.8 Å². The van der Waals surface area contributed by atoms with E-state index >= 15 is 0 Å². The van der Waals surface area contributed by atoms with Crippen LogP contribution in [0.5, 0.6) is 0 Å². The summed E-state index contributed by atoms with van der Waals surface area (Å²) in [4.78, 5) is 38.2. The summed E-state index contributed by atoms with van der Waals surface area (Å²) in [6.45, 7) is 0. The molecular weight excluding hydrogens is 687 g/mol. The number of benzene rings is 5. The molecule has 54 heavy (non-hydrogen) atoms. The van der Waals surface area contributed by atoms with Crippen molar-refractivity contribution >= 4 is 55.5 Å². The molecule has 0 spiro atoms. The molecule has 0 radical (unpaired) electrons. The minimum absolute atomic E-state index is 0.296. The minimum Gasteiger partial charge on any atom is -0.365 e. The zero-order chi connectivity index (χ0) is 36.2. The van der Waals surface area contributed by atoms with Gasteiger partial charge in [-0.3, -0.25) is 9.59 Å². The molecule has 2 saturated carbocycles. The van der Waals surface area contributed by atoms with Crippen LogP contribution in [0.1, 0.15) is 84.9 Å². The largest absolute Gasteiger partial charge is 0.365 e. The number of carbonyl (C=O) groups excluding carboxylic acids is 2. The fraction of sp³-hybridized carbons (Fsp3) is 0.261. The van der Waals surface area contributed by atoms with Gasteiger partial charge in [0.2, 0.25) is 0 Å². The molecule has 5 aromatic carbocycles. The molecule has 7 aromatic rings. The summed E-state index contributed by atoms with van der Waals surface area (Å²) in [5.41, 5.74) is 7.13. The SMILES string of the molecule is O=C1c2cccc3c(N(C4CCCCC4)C4CCCCC4)ccc(c23)C(=O)N1c1cccc(-c2nn(-c3ccccc3)cc2-c2nc3ccccc3s2)c1. The van der Waals surface area contributed by atoms with Crippen molar-refractivity contribution < 1.29 is 9.59 Å². The summed E-state index contributed by atoms with van der Waals surface area (Å²) in [6, 6.07) is 36.9. The number of nitrogens with zero attached hydrogens (tertiary/aromatic N) is 5. The summed E-state index contributed by atoms with van der Waals surface area (Å²) in [7, 11) is 0. The molecule has 2 amide bonds. The predicted octanol–water partition coefficient (Wildman–Crippen LogP) is 11.2. The molecule has 7 nitrogen and oxygen atoms in total. The van der Waals surface area contributed by atoms with E-state index in [1.165, 1.54) is 74.8 Å². The summed E-state index contributed by atoms with van der Waals surface area (Å²) in [6.07, 6.45) is 14.5. The Kier molecular flexibility index (Phi) is 8.36. The second kappa shape index (κ2) is 13.7. The lowest BCUT2D eigenvalue weighted by Crippen LogP contribution is -2.46. The topological polar surface area (TPSA) is 71.3 Å². The van der Waals surface area contributed by atoms with Crippen LogP contribution in [-0.4, -0.2) is 38.7 Å². The average Bonchev–Trinajstić information content (AvgIpc) is 3.87. The number of amides is 2. The van der Waals surface area contributed by atoms with Crippen LogP contribution in [0.3, 0.4) is 0 Å². The van der Waals surface area contributed by atoms with Crippen LogP contribution in [0.15, 0.2) is 115 Å². The molecule has 2 aliphatic carbocycles. The van der Waals surface area contributed by atoms with E-state index in [2.05, 4.69) is 23.1 Å². The molecular formula is C46H41N5O2S. The number of rotatable bonds is 7. The van der Waals surface area contributed by atoms with E-state index in [0.29, 0.717) is 28.9 Å². The van der Waals surface area contributed by atoms with Crippen molar-refractivity contribution in [3.05, 3.63) is 127 Å². The first-order valence-electron chi connectivity index (χ1n) is 19.5. The molecule has 0 N–H and O–H groups in total. The molecule has 268 valence electrons. The van der Waals surface area contributed by atoms with Crippen molar-refractivity contribution in [3.8, 4) is 27.5 Å². The van der Waals surface area contributed by atoms with Gasteiger partial charge in [0.1, 0.15) is 10.7 Å². The molecule has 8 heteroatoms. The average molecular weight is 728 g/mol. The van der Waals surface area contributed by atoms with E-state index in [4.69, 9.17) is 10.1 Å². The Morgan fingerprint density at radius 2 is 1.30 bits per heavy atom. The Labute approximate surface area is 318 Å². The van der Waals surface area contributed by atoms with Crippen molar-refractivity contribution in [1.29, 1.82) is 0 Å². The summed E-state index contributed by atoms with van der Waals surface area (Å²) >= 11 is 1.62. The van der Waals surface area contributed by atoms with E-state index in [9.17, 15) is 9.59 Å². The van der Waals surface area contributed by atoms with Crippen LogP contribution in [0.2, 0.25) is 0 Å². The first-order valence-corrected chi connectivity index (χ1v) is 20.3. The van der Waals surface area contributed by atoms with Gasteiger partial charge in [-0.1, -0.05) is 93.1 Å². The zero-order valence-corrected chi connectivity index (χ0v) is 31.0. The third-order valence-electron chi connectivity index (χ3n) is 11.7. The molecule has 2 fully saturated rings. The van der Waals surface area contributed by atoms with Crippen LogP contribution >= 0.6 is 11.3 Å². The monoisotopic (exact) mass is 727 g/mol. The lowest BCUT2D eigenvalue weighted by Gasteiger charge is -2.44. The number of para-hydroxylation sites is 2. The quantitative estimate of drug-likeness (QED) is 0.153. The predicted molar refractivity (Wildman–Crippen MR) is 219 cm³/mol. The highest BCUT2D eigenvalue weighted by Gasteiger charge is 2.37. The number of fused-ring (bicyclic) bond motifs is 1. The number of aromatic nitrogens is 3. The molecule has 3 aliphatic rings. The second-order valence-electron chi connectivity index (χ2n) is 15.0. The zero-order valence-electron chi connectivity index (χ0n) is 30.2. The van der Waals surface area contributed by atoms with Crippen LogP contribution in [0, 0.1) is 0 Å². The first-order chi connectivity index (χ1) is 26.6. The van der Waals surface area contributed by atoms with Gasteiger partial charge < -0.3 is 4.90 Å². The second-order valence-corrected chi connectivity index (χ2v) is 16.0. The Bertz CT molecular complexity index is 2470. The molecule has 10 rings (SSSR count). The van der Waals surface area contributed by atoms with Gasteiger partial charge in [-0.05, 0) is 80.3 Å². The van der Waals surface area contributed by atoms with Gasteiger partial charge in [-0.25, -0.2) is 14.6 Å². The maximum Gasteiger partial charge on any atom is 0.265 e. The summed E-state index contributed by atoms with van der Waals surface area (Å²) in [5, 5.41) is 7.74. The van der Waals surface area contributed by atoms with E-state index in [1.54, 1.807) is 11.3 Å². The Morgan fingerprint density at radius 3 is 2.04 bits per heavy atom. The third kappa shape index (κ3) is 5.62. The molecule has 2 aromatic heterocycles. The van der Waals surface area contributed by atoms with E-state index in [1.807, 2.05) is 102 Å². The maximum atomic E-state index is 14.6. The molecule has 0 atom stereocenters. The highest BCUT2D eigenvalue weighted by Crippen LogP contribution is 2.43. The van der Waals surface area contributed by atoms with Gasteiger partial charge in [0.15, 0.2) is 0 Å². The van der Waals surface area contributed by atoms with Crippen molar-refractivity contribution in [2.24, 2.45) is 0 Å². The van der Waals surface area contributed by atoms with Crippen LogP contribution in [0.25, 0.3) is 48.5 Å². The van der Waals surface area contributed by atoms with E-state index in [-0.39, 0.29) is 11.8 Å². The van der Waals surface area contributed by atoms with Crippen LogP contribution in [-0.2, 0) is 0 Å². The normalized spacial score (nSPS) is 16.8. The van der Waals surface area contributed by atoms with Gasteiger partial charge in [-0.15, -0.1) is 11.3 Å². The fourth-order valence-electron chi connectivity index (χ4n) is 9.19. The maximum absolute atomic E-state index is 14.6. The van der Waals surface area contributed by atoms with Gasteiger partial charge in [0.05, 0.1) is 27.2 Å². The van der Waals surface area contributed by atoms with Gasteiger partial charge >= 0.3 is 0 Å². The van der Waals surface area contributed by atoms with Crippen molar-refractivity contribution in [1.82, 2.24) is 14.8 Å². The lowest BCUT2D eigenvalue weighted by molar-refractivity contribution is 0.0893. The third-order valence-corrected chi connectivity index (χ3v) is 12.8. The van der Waals surface area contributed by atoms with Crippen LogP contribution in [0.4, 0.5) is 11.4 Å². The number of hydrogen-bond donors (Lipinski definition) is 0. The molecule has 0 bridgehead atoms. The Morgan fingerprint density at radius 1 is 0.630 bits per heavy atom. The number of carbonyl (C=O) groups is 2. The van der Waals surface area contributed by atoms with E-state index < -0.39 is 0 Å². The smallest absolute Gasteiger partial charge is 0.265 e. The number of thiazole rings is 1. The van der Waals surface area contributed by atoms with E-state index in [0.717, 1.165) is 48.5 Å². The highest BCUT2D eigenvalue weighted by molar-refractivity contribution is 7.21. The first kappa shape index (κ1) is 33.0. The molecule has 0 unspecified atom stereocenters. The molecule has 0 saturated heterocycles. The van der Waals surface area contributed by atoms with Crippen LogP contribution < -0.4 is 9.80 Å². The standard InChI is InChI=1S/C46H41N5O2S/c52-45-36-23-13-22-35-40(50(32-17-6-2-7-18-32)33-19-8-3-9-20-33)27-26-37(42(35)36)46(53)51(45)34-21-12-14-30(28-34)43-38(29-49(48-43)31-15-4-1-5-16-31)44-47-39-24-10-11-25-41(39)54-44/h1,4-5,10-16,21-29,32-33H,2-3,6-9,17-20H2. The van der Waals surface area contributed by atoms with Gasteiger partial charge in [-0.2, -0.15) is 5.10 Å². The minimum atomic E-state index is -0.296. The van der Waals surface area contributed by atoms with Crippen molar-refractivity contribution in [2.75, 3.05) is 9.80 Å². The van der Waals surface area contributed by atoms with Crippen molar-refractivity contribution in [2.45, 2.75) is 76.3 Å². The van der Waals surface area contributed by atoms with Crippen molar-refractivity contribution in [3.63, 3.8) is 0 Å². The van der Waals surface area contributed by atoms with Gasteiger partial charge in [0, 0.05) is 51.4 Å². The Hall–Kier alpha value is -5.60. The summed E-state index contributed by atoms with van der Waals surface area (Å²) in [5.74, 6) is -0.592. The highest BCUT2D eigenvalue weighted by atomic mass is 32.1. The summed E-state index contributed by atoms with van der Waals surface area (Å²) < 4.78 is 2.97. The number of hydrogen-bond acceptors (Lipinski definition) is 6. The Balaban J connectivity index is 1.06. The molecule has 1 aliphatic heterocycles.